The molecule has 1 heterocycles. The van der Waals surface area contributed by atoms with Crippen LogP contribution in [0.4, 0.5) is 5.69 Å². The summed E-state index contributed by atoms with van der Waals surface area (Å²) in [5.74, 6) is 0.152. The molecule has 1 amide bonds. The largest absolute Gasteiger partial charge is 0.484 e. The number of carbonyl (C=O) groups is 1. The Morgan fingerprint density at radius 2 is 1.85 bits per heavy atom. The molecule has 3 aromatic rings. The fraction of sp³-hybridized carbons (Fsp3) is 0.100. The van der Waals surface area contributed by atoms with Gasteiger partial charge < -0.3 is 14.6 Å². The van der Waals surface area contributed by atoms with Crippen LogP contribution >= 0.6 is 23.2 Å². The summed E-state index contributed by atoms with van der Waals surface area (Å²) in [7, 11) is 0. The molecule has 0 aliphatic carbocycles. The van der Waals surface area contributed by atoms with E-state index in [9.17, 15) is 9.59 Å². The SMILES string of the molecule is O=C(COc1cccc(Cl)c1)Nc1ccc(=O)n(Cc2ccccc2Cl)c1. The molecule has 0 radical (unpaired) electrons. The van der Waals surface area contributed by atoms with Gasteiger partial charge in [0.25, 0.3) is 11.5 Å². The molecule has 0 atom stereocenters. The lowest BCUT2D eigenvalue weighted by Crippen LogP contribution is -2.23. The van der Waals surface area contributed by atoms with Gasteiger partial charge in [-0.05, 0) is 35.9 Å². The number of nitrogens with one attached hydrogen (secondary N) is 1. The second kappa shape index (κ2) is 8.75. The molecule has 0 bridgehead atoms. The first-order valence-electron chi connectivity index (χ1n) is 8.13. The van der Waals surface area contributed by atoms with Crippen molar-refractivity contribution < 1.29 is 9.53 Å². The highest BCUT2D eigenvalue weighted by Gasteiger charge is 2.07. The summed E-state index contributed by atoms with van der Waals surface area (Å²) in [6, 6.07) is 17.0. The van der Waals surface area contributed by atoms with Crippen molar-refractivity contribution in [2.24, 2.45) is 0 Å². The molecule has 7 heteroatoms. The van der Waals surface area contributed by atoms with Crippen LogP contribution in [-0.4, -0.2) is 17.1 Å². The zero-order chi connectivity index (χ0) is 19.2. The topological polar surface area (TPSA) is 60.3 Å². The lowest BCUT2D eigenvalue weighted by Gasteiger charge is -2.11. The summed E-state index contributed by atoms with van der Waals surface area (Å²) < 4.78 is 6.88. The van der Waals surface area contributed by atoms with Gasteiger partial charge in [-0.1, -0.05) is 47.5 Å². The van der Waals surface area contributed by atoms with Gasteiger partial charge in [0.05, 0.1) is 12.2 Å². The summed E-state index contributed by atoms with van der Waals surface area (Å²) in [6.07, 6.45) is 1.57. The smallest absolute Gasteiger partial charge is 0.262 e. The monoisotopic (exact) mass is 402 g/mol. The molecule has 0 aliphatic rings. The third-order valence-electron chi connectivity index (χ3n) is 3.73. The van der Waals surface area contributed by atoms with Crippen molar-refractivity contribution in [3.8, 4) is 5.75 Å². The van der Waals surface area contributed by atoms with Gasteiger partial charge in [-0.3, -0.25) is 9.59 Å². The molecule has 1 N–H and O–H groups in total. The van der Waals surface area contributed by atoms with Gasteiger partial charge in [0.1, 0.15) is 5.75 Å². The fourth-order valence-electron chi connectivity index (χ4n) is 2.44. The number of hydrogen-bond donors (Lipinski definition) is 1. The lowest BCUT2D eigenvalue weighted by molar-refractivity contribution is -0.118. The number of ether oxygens (including phenoxy) is 1. The molecule has 0 spiro atoms. The highest BCUT2D eigenvalue weighted by molar-refractivity contribution is 6.31. The number of hydrogen-bond acceptors (Lipinski definition) is 3. The predicted molar refractivity (Wildman–Crippen MR) is 107 cm³/mol. The van der Waals surface area contributed by atoms with Crippen LogP contribution in [-0.2, 0) is 11.3 Å². The van der Waals surface area contributed by atoms with Gasteiger partial charge in [0.2, 0.25) is 0 Å². The summed E-state index contributed by atoms with van der Waals surface area (Å²) in [5.41, 5.74) is 1.11. The fourth-order valence-corrected chi connectivity index (χ4v) is 2.82. The third-order valence-corrected chi connectivity index (χ3v) is 4.34. The number of aromatic nitrogens is 1. The Hall–Kier alpha value is -2.76. The maximum Gasteiger partial charge on any atom is 0.262 e. The van der Waals surface area contributed by atoms with Crippen LogP contribution in [0.2, 0.25) is 10.0 Å². The molecule has 0 fully saturated rings. The van der Waals surface area contributed by atoms with E-state index in [1.165, 1.54) is 10.6 Å². The quantitative estimate of drug-likeness (QED) is 0.671. The normalized spacial score (nSPS) is 10.4. The highest BCUT2D eigenvalue weighted by Crippen LogP contribution is 2.18. The molecule has 0 unspecified atom stereocenters. The molecule has 3 rings (SSSR count). The maximum atomic E-state index is 12.1. The molecule has 2 aromatic carbocycles. The van der Waals surface area contributed by atoms with Gasteiger partial charge in [0.15, 0.2) is 6.61 Å². The van der Waals surface area contributed by atoms with Crippen LogP contribution in [0.15, 0.2) is 71.7 Å². The van der Waals surface area contributed by atoms with Gasteiger partial charge in [-0.2, -0.15) is 0 Å². The van der Waals surface area contributed by atoms with Crippen molar-refractivity contribution in [2.75, 3.05) is 11.9 Å². The number of halogens is 2. The van der Waals surface area contributed by atoms with E-state index < -0.39 is 0 Å². The van der Waals surface area contributed by atoms with Gasteiger partial charge in [-0.25, -0.2) is 0 Å². The molecule has 5 nitrogen and oxygen atoms in total. The van der Waals surface area contributed by atoms with E-state index in [-0.39, 0.29) is 18.1 Å². The lowest BCUT2D eigenvalue weighted by atomic mass is 10.2. The van der Waals surface area contributed by atoms with Gasteiger partial charge in [0, 0.05) is 22.3 Å². The number of pyridine rings is 1. The van der Waals surface area contributed by atoms with E-state index in [4.69, 9.17) is 27.9 Å². The molecular formula is C20H16Cl2N2O3. The van der Waals surface area contributed by atoms with E-state index >= 15 is 0 Å². The minimum Gasteiger partial charge on any atom is -0.484 e. The van der Waals surface area contributed by atoms with Crippen LogP contribution in [0.1, 0.15) is 5.56 Å². The van der Waals surface area contributed by atoms with Crippen LogP contribution in [0.3, 0.4) is 0 Å². The molecular weight excluding hydrogens is 387 g/mol. The zero-order valence-corrected chi connectivity index (χ0v) is 15.7. The average Bonchev–Trinajstić information content (AvgIpc) is 2.65. The summed E-state index contributed by atoms with van der Waals surface area (Å²) in [4.78, 5) is 24.2. The Kier molecular flexibility index (Phi) is 6.16. The molecule has 27 heavy (non-hydrogen) atoms. The summed E-state index contributed by atoms with van der Waals surface area (Å²) in [5, 5.41) is 3.81. The summed E-state index contributed by atoms with van der Waals surface area (Å²) >= 11 is 12.0. The van der Waals surface area contributed by atoms with Crippen molar-refractivity contribution in [1.29, 1.82) is 0 Å². The second-order valence-corrected chi connectivity index (χ2v) is 6.61. The molecule has 138 valence electrons. The molecule has 0 aliphatic heterocycles. The number of anilines is 1. The molecule has 0 saturated carbocycles. The van der Waals surface area contributed by atoms with Crippen LogP contribution in [0.25, 0.3) is 0 Å². The Morgan fingerprint density at radius 3 is 2.63 bits per heavy atom. The predicted octanol–water partition coefficient (Wildman–Crippen LogP) is 4.22. The van der Waals surface area contributed by atoms with Gasteiger partial charge >= 0.3 is 0 Å². The van der Waals surface area contributed by atoms with E-state index in [2.05, 4.69) is 5.32 Å². The zero-order valence-electron chi connectivity index (χ0n) is 14.2. The summed E-state index contributed by atoms with van der Waals surface area (Å²) in [6.45, 7) is 0.130. The Morgan fingerprint density at radius 1 is 1.04 bits per heavy atom. The average molecular weight is 403 g/mol. The number of amides is 1. The minimum atomic E-state index is -0.349. The first-order valence-corrected chi connectivity index (χ1v) is 8.89. The number of benzene rings is 2. The van der Waals surface area contributed by atoms with Crippen LogP contribution in [0, 0.1) is 0 Å². The van der Waals surface area contributed by atoms with Crippen molar-refractivity contribution in [2.45, 2.75) is 6.54 Å². The number of carbonyl (C=O) groups excluding carboxylic acids is 1. The van der Waals surface area contributed by atoms with Gasteiger partial charge in [-0.15, -0.1) is 0 Å². The Labute approximate surface area is 166 Å². The van der Waals surface area contributed by atoms with Crippen LogP contribution < -0.4 is 15.6 Å². The van der Waals surface area contributed by atoms with Crippen LogP contribution in [0.5, 0.6) is 5.75 Å². The first-order chi connectivity index (χ1) is 13.0. The third kappa shape index (κ3) is 5.36. The van der Waals surface area contributed by atoms with Crippen molar-refractivity contribution in [3.05, 3.63) is 92.8 Å². The van der Waals surface area contributed by atoms with E-state index in [1.54, 1.807) is 42.6 Å². The maximum absolute atomic E-state index is 12.1. The number of nitrogens with zero attached hydrogens (tertiary/aromatic N) is 1. The highest BCUT2D eigenvalue weighted by atomic mass is 35.5. The van der Waals surface area contributed by atoms with E-state index in [1.807, 2.05) is 18.2 Å². The Bertz CT molecular complexity index is 1020. The molecule has 1 aromatic heterocycles. The van der Waals surface area contributed by atoms with Crippen molar-refractivity contribution in [3.63, 3.8) is 0 Å². The Balaban J connectivity index is 1.66. The van der Waals surface area contributed by atoms with E-state index in [0.29, 0.717) is 28.0 Å². The van der Waals surface area contributed by atoms with Crippen molar-refractivity contribution >= 4 is 34.8 Å². The minimum absolute atomic E-state index is 0.177. The second-order valence-electron chi connectivity index (χ2n) is 5.77. The molecule has 0 saturated heterocycles. The van der Waals surface area contributed by atoms with E-state index in [0.717, 1.165) is 5.56 Å². The number of rotatable bonds is 6. The standard InChI is InChI=1S/C20H16Cl2N2O3/c21-15-5-3-6-17(10-15)27-13-19(25)23-16-8-9-20(26)24(12-16)11-14-4-1-2-7-18(14)22/h1-10,12H,11,13H2,(H,23,25). The first kappa shape index (κ1) is 19.0. The van der Waals surface area contributed by atoms with Crippen molar-refractivity contribution in [1.82, 2.24) is 4.57 Å².